The van der Waals surface area contributed by atoms with E-state index in [1.165, 1.54) is 3.11 Å². The van der Waals surface area contributed by atoms with E-state index in [-0.39, 0.29) is 5.91 Å². The molecule has 1 heterocycles. The molecule has 0 fully saturated rings. The van der Waals surface area contributed by atoms with Crippen molar-refractivity contribution in [2.75, 3.05) is 7.05 Å². The van der Waals surface area contributed by atoms with Crippen LogP contribution < -0.4 is 0 Å². The SMILES string of the molecule is Cc1ncccc1C(=O)N(C)I. The number of pyridine rings is 1. The number of aryl methyl sites for hydroxylation is 1. The Bertz CT molecular complexity index is 299. The van der Waals surface area contributed by atoms with Crippen molar-refractivity contribution in [3.05, 3.63) is 29.6 Å². The van der Waals surface area contributed by atoms with E-state index >= 15 is 0 Å². The lowest BCUT2D eigenvalue weighted by Crippen LogP contribution is -2.17. The third kappa shape index (κ3) is 1.94. The minimum atomic E-state index is -0.0128. The van der Waals surface area contributed by atoms with Gasteiger partial charge in [-0.3, -0.25) is 12.9 Å². The van der Waals surface area contributed by atoms with Crippen LogP contribution in [-0.2, 0) is 0 Å². The van der Waals surface area contributed by atoms with Crippen LogP contribution in [0.3, 0.4) is 0 Å². The molecule has 0 saturated heterocycles. The first kappa shape index (κ1) is 9.44. The second-order valence-corrected chi connectivity index (χ2v) is 3.87. The van der Waals surface area contributed by atoms with E-state index in [1.54, 1.807) is 25.4 Å². The number of carbonyl (C=O) groups is 1. The lowest BCUT2D eigenvalue weighted by Gasteiger charge is -2.08. The number of carbonyl (C=O) groups excluding carboxylic acids is 1. The number of aromatic nitrogens is 1. The Morgan fingerprint density at radius 2 is 2.33 bits per heavy atom. The van der Waals surface area contributed by atoms with Crippen LogP contribution in [0, 0.1) is 6.92 Å². The fraction of sp³-hybridized carbons (Fsp3) is 0.250. The molecule has 0 spiro atoms. The number of amides is 1. The van der Waals surface area contributed by atoms with Crippen LogP contribution in [0.5, 0.6) is 0 Å². The van der Waals surface area contributed by atoms with Crippen LogP contribution in [0.15, 0.2) is 18.3 Å². The maximum Gasteiger partial charge on any atom is 0.264 e. The Kier molecular flexibility index (Phi) is 3.02. The van der Waals surface area contributed by atoms with Gasteiger partial charge in [0.25, 0.3) is 5.91 Å². The molecular weight excluding hydrogens is 267 g/mol. The van der Waals surface area contributed by atoms with Gasteiger partial charge >= 0.3 is 0 Å². The summed E-state index contributed by atoms with van der Waals surface area (Å²) in [6.45, 7) is 1.83. The fourth-order valence-corrected chi connectivity index (χ4v) is 1.14. The molecule has 0 aliphatic rings. The average Bonchev–Trinajstić information content (AvgIpc) is 2.04. The number of halogens is 1. The molecule has 12 heavy (non-hydrogen) atoms. The van der Waals surface area contributed by atoms with Gasteiger partial charge in [-0.15, -0.1) is 0 Å². The van der Waals surface area contributed by atoms with Crippen molar-refractivity contribution in [3.8, 4) is 0 Å². The second kappa shape index (κ2) is 3.84. The highest BCUT2D eigenvalue weighted by Crippen LogP contribution is 2.09. The zero-order chi connectivity index (χ0) is 9.14. The molecule has 0 bridgehead atoms. The first-order chi connectivity index (χ1) is 5.63. The van der Waals surface area contributed by atoms with Crippen molar-refractivity contribution >= 4 is 28.8 Å². The van der Waals surface area contributed by atoms with E-state index in [4.69, 9.17) is 0 Å². The summed E-state index contributed by atoms with van der Waals surface area (Å²) < 4.78 is 1.52. The minimum absolute atomic E-state index is 0.0128. The van der Waals surface area contributed by atoms with Gasteiger partial charge in [-0.05, 0) is 19.1 Å². The molecule has 4 heteroatoms. The maximum atomic E-state index is 11.4. The monoisotopic (exact) mass is 276 g/mol. The quantitative estimate of drug-likeness (QED) is 0.579. The normalized spacial score (nSPS) is 9.58. The topological polar surface area (TPSA) is 33.2 Å². The van der Waals surface area contributed by atoms with Gasteiger partial charge in [-0.1, -0.05) is 0 Å². The third-order valence-corrected chi connectivity index (χ3v) is 1.96. The molecule has 0 radical (unpaired) electrons. The van der Waals surface area contributed by atoms with Gasteiger partial charge in [0, 0.05) is 18.9 Å². The predicted molar refractivity (Wildman–Crippen MR) is 55.1 cm³/mol. The Morgan fingerprint density at radius 3 is 2.83 bits per heavy atom. The van der Waals surface area contributed by atoms with Crippen molar-refractivity contribution < 1.29 is 4.79 Å². The zero-order valence-electron chi connectivity index (χ0n) is 6.91. The summed E-state index contributed by atoms with van der Waals surface area (Å²) in [6, 6.07) is 3.54. The highest BCUT2D eigenvalue weighted by Gasteiger charge is 2.11. The summed E-state index contributed by atoms with van der Waals surface area (Å²) in [6.07, 6.45) is 1.68. The van der Waals surface area contributed by atoms with Gasteiger partial charge in [0.15, 0.2) is 0 Å². The minimum Gasteiger partial charge on any atom is -0.284 e. The molecule has 1 amide bonds. The van der Waals surface area contributed by atoms with E-state index < -0.39 is 0 Å². The molecule has 0 unspecified atom stereocenters. The van der Waals surface area contributed by atoms with E-state index in [1.807, 2.05) is 29.8 Å². The fourth-order valence-electron chi connectivity index (χ4n) is 0.876. The molecular formula is C8H9IN2O. The van der Waals surface area contributed by atoms with E-state index in [9.17, 15) is 4.79 Å². The van der Waals surface area contributed by atoms with Crippen molar-refractivity contribution in [1.82, 2.24) is 8.10 Å². The molecule has 1 aromatic rings. The molecule has 0 atom stereocenters. The van der Waals surface area contributed by atoms with Gasteiger partial charge in [-0.25, -0.2) is 0 Å². The van der Waals surface area contributed by atoms with Crippen LogP contribution in [0.1, 0.15) is 16.1 Å². The summed E-state index contributed by atoms with van der Waals surface area (Å²) in [5.74, 6) is -0.0128. The van der Waals surface area contributed by atoms with Crippen molar-refractivity contribution in [2.24, 2.45) is 0 Å². The predicted octanol–water partition coefficient (Wildman–Crippen LogP) is 1.81. The van der Waals surface area contributed by atoms with Gasteiger partial charge in [0.05, 0.1) is 28.4 Å². The molecule has 0 aliphatic carbocycles. The third-order valence-electron chi connectivity index (χ3n) is 1.52. The Hall–Kier alpha value is -0.650. The van der Waals surface area contributed by atoms with E-state index in [0.29, 0.717) is 5.56 Å². The lowest BCUT2D eigenvalue weighted by molar-refractivity contribution is 0.0905. The highest BCUT2D eigenvalue weighted by atomic mass is 127. The van der Waals surface area contributed by atoms with Crippen LogP contribution >= 0.6 is 22.9 Å². The molecule has 0 saturated carbocycles. The van der Waals surface area contributed by atoms with Gasteiger partial charge in [-0.2, -0.15) is 0 Å². The van der Waals surface area contributed by atoms with Crippen molar-refractivity contribution in [2.45, 2.75) is 6.92 Å². The summed E-state index contributed by atoms with van der Waals surface area (Å²) >= 11 is 1.94. The van der Waals surface area contributed by atoms with Crippen molar-refractivity contribution in [3.63, 3.8) is 0 Å². The van der Waals surface area contributed by atoms with Crippen LogP contribution in [0.2, 0.25) is 0 Å². The van der Waals surface area contributed by atoms with E-state index in [2.05, 4.69) is 4.98 Å². The molecule has 1 rings (SSSR count). The molecule has 3 nitrogen and oxygen atoms in total. The summed E-state index contributed by atoms with van der Waals surface area (Å²) in [4.78, 5) is 15.5. The Morgan fingerprint density at radius 1 is 1.67 bits per heavy atom. The molecule has 0 aromatic carbocycles. The standard InChI is InChI=1S/C8H9IN2O/c1-6-7(4-3-5-10-6)8(12)11(2)9/h3-5H,1-2H3. The second-order valence-electron chi connectivity index (χ2n) is 2.42. The molecule has 64 valence electrons. The average molecular weight is 276 g/mol. The highest BCUT2D eigenvalue weighted by molar-refractivity contribution is 14.1. The summed E-state index contributed by atoms with van der Waals surface area (Å²) in [5, 5.41) is 0. The molecule has 0 N–H and O–H groups in total. The van der Waals surface area contributed by atoms with E-state index in [0.717, 1.165) is 5.69 Å². The van der Waals surface area contributed by atoms with Gasteiger partial charge in [0.1, 0.15) is 0 Å². The smallest absolute Gasteiger partial charge is 0.264 e. The van der Waals surface area contributed by atoms with Gasteiger partial charge < -0.3 is 0 Å². The van der Waals surface area contributed by atoms with Crippen molar-refractivity contribution in [1.29, 1.82) is 0 Å². The number of hydrogen-bond acceptors (Lipinski definition) is 2. The maximum absolute atomic E-state index is 11.4. The number of nitrogens with zero attached hydrogens (tertiary/aromatic N) is 2. The molecule has 1 aromatic heterocycles. The molecule has 0 aliphatic heterocycles. The van der Waals surface area contributed by atoms with Gasteiger partial charge in [0.2, 0.25) is 0 Å². The number of hydrogen-bond donors (Lipinski definition) is 0. The first-order valence-corrected chi connectivity index (χ1v) is 4.45. The summed E-state index contributed by atoms with van der Waals surface area (Å²) in [7, 11) is 1.72. The zero-order valence-corrected chi connectivity index (χ0v) is 9.07. The van der Waals surface area contributed by atoms with Crippen LogP contribution in [-0.4, -0.2) is 21.1 Å². The van der Waals surface area contributed by atoms with Crippen LogP contribution in [0.25, 0.3) is 0 Å². The Labute approximate surface area is 85.3 Å². The largest absolute Gasteiger partial charge is 0.284 e. The first-order valence-electron chi connectivity index (χ1n) is 3.48. The summed E-state index contributed by atoms with van der Waals surface area (Å²) in [5.41, 5.74) is 1.43. The Balaban J connectivity index is 3.03. The lowest BCUT2D eigenvalue weighted by atomic mass is 10.2. The number of rotatable bonds is 1. The van der Waals surface area contributed by atoms with Crippen LogP contribution in [0.4, 0.5) is 0 Å².